The summed E-state index contributed by atoms with van der Waals surface area (Å²) in [5.41, 5.74) is 0. The van der Waals surface area contributed by atoms with Crippen molar-refractivity contribution in [1.82, 2.24) is 5.06 Å². The van der Waals surface area contributed by atoms with Gasteiger partial charge in [-0.2, -0.15) is 0 Å². The van der Waals surface area contributed by atoms with Gasteiger partial charge in [0.2, 0.25) is 5.91 Å². The van der Waals surface area contributed by atoms with E-state index in [1.165, 1.54) is 7.11 Å². The first-order chi connectivity index (χ1) is 4.66. The lowest BCUT2D eigenvalue weighted by molar-refractivity contribution is -0.220. The van der Waals surface area contributed by atoms with Crippen LogP contribution >= 0.6 is 0 Å². The van der Waals surface area contributed by atoms with E-state index in [-0.39, 0.29) is 12.3 Å². The van der Waals surface area contributed by atoms with E-state index < -0.39 is 12.0 Å². The van der Waals surface area contributed by atoms with Crippen molar-refractivity contribution >= 4 is 11.9 Å². The normalized spacial score (nSPS) is 24.3. The van der Waals surface area contributed by atoms with Crippen molar-refractivity contribution in [2.45, 2.75) is 12.5 Å². The smallest absolute Gasteiger partial charge is 0.329 e. The molecule has 1 aliphatic heterocycles. The lowest BCUT2D eigenvalue weighted by atomic mass is 10.1. The molecular weight excluding hydrogens is 138 g/mol. The molecule has 1 rings (SSSR count). The van der Waals surface area contributed by atoms with Gasteiger partial charge in [-0.3, -0.25) is 9.63 Å². The first kappa shape index (κ1) is 7.01. The number of carbonyl (C=O) groups excluding carboxylic acids is 1. The van der Waals surface area contributed by atoms with Gasteiger partial charge in [0.1, 0.15) is 0 Å². The van der Waals surface area contributed by atoms with Crippen molar-refractivity contribution < 1.29 is 19.5 Å². The fourth-order valence-electron chi connectivity index (χ4n) is 0.816. The van der Waals surface area contributed by atoms with Gasteiger partial charge in [-0.15, -0.1) is 0 Å². The minimum absolute atomic E-state index is 0.0448. The van der Waals surface area contributed by atoms with E-state index in [1.807, 2.05) is 0 Å². The molecule has 1 fully saturated rings. The van der Waals surface area contributed by atoms with E-state index in [4.69, 9.17) is 5.11 Å². The zero-order valence-electron chi connectivity index (χ0n) is 5.40. The third-order valence-corrected chi connectivity index (χ3v) is 1.38. The van der Waals surface area contributed by atoms with Crippen LogP contribution in [0, 0.1) is 0 Å². The fraction of sp³-hybridized carbons (Fsp3) is 0.600. The Morgan fingerprint density at radius 1 is 1.90 bits per heavy atom. The second-order valence-electron chi connectivity index (χ2n) is 1.96. The van der Waals surface area contributed by atoms with Crippen LogP contribution in [0.2, 0.25) is 0 Å². The number of nitrogens with zero attached hydrogens (tertiary/aromatic N) is 1. The van der Waals surface area contributed by atoms with E-state index in [0.717, 1.165) is 5.06 Å². The Morgan fingerprint density at radius 2 is 2.50 bits per heavy atom. The highest BCUT2D eigenvalue weighted by Gasteiger charge is 2.42. The molecule has 56 valence electrons. The number of carboxylic acid groups (broad SMARTS) is 1. The van der Waals surface area contributed by atoms with Crippen molar-refractivity contribution in [3.8, 4) is 0 Å². The largest absolute Gasteiger partial charge is 0.480 e. The van der Waals surface area contributed by atoms with Gasteiger partial charge in [0.05, 0.1) is 13.5 Å². The van der Waals surface area contributed by atoms with Crippen LogP contribution in [-0.2, 0) is 14.4 Å². The van der Waals surface area contributed by atoms with Gasteiger partial charge >= 0.3 is 5.97 Å². The monoisotopic (exact) mass is 145 g/mol. The van der Waals surface area contributed by atoms with Crippen LogP contribution in [0.3, 0.4) is 0 Å². The van der Waals surface area contributed by atoms with E-state index in [2.05, 4.69) is 4.84 Å². The molecule has 0 aromatic heterocycles. The highest BCUT2D eigenvalue weighted by atomic mass is 16.7. The summed E-state index contributed by atoms with van der Waals surface area (Å²) in [6.45, 7) is 0. The Morgan fingerprint density at radius 3 is 2.70 bits per heavy atom. The SMILES string of the molecule is CON1C(=O)CC1C(=O)O. The van der Waals surface area contributed by atoms with Gasteiger partial charge in [0.25, 0.3) is 0 Å². The van der Waals surface area contributed by atoms with E-state index in [1.54, 1.807) is 0 Å². The molecule has 1 N–H and O–H groups in total. The average molecular weight is 145 g/mol. The minimum Gasteiger partial charge on any atom is -0.480 e. The summed E-state index contributed by atoms with van der Waals surface area (Å²) < 4.78 is 0. The number of aliphatic carboxylic acids is 1. The summed E-state index contributed by atoms with van der Waals surface area (Å²) in [6.07, 6.45) is 0.0448. The molecule has 5 nitrogen and oxygen atoms in total. The molecule has 0 spiro atoms. The molecule has 1 heterocycles. The van der Waals surface area contributed by atoms with Gasteiger partial charge in [0.15, 0.2) is 6.04 Å². The summed E-state index contributed by atoms with van der Waals surface area (Å²) in [5.74, 6) is -1.31. The van der Waals surface area contributed by atoms with Crippen LogP contribution in [0.5, 0.6) is 0 Å². The molecule has 0 aromatic carbocycles. The predicted octanol–water partition coefficient (Wildman–Crippen LogP) is -0.767. The first-order valence-corrected chi connectivity index (χ1v) is 2.75. The number of hydrogen-bond acceptors (Lipinski definition) is 3. The quantitative estimate of drug-likeness (QED) is 0.518. The lowest BCUT2D eigenvalue weighted by Gasteiger charge is -2.34. The molecule has 10 heavy (non-hydrogen) atoms. The molecule has 1 aliphatic rings. The molecule has 1 amide bonds. The maximum Gasteiger partial charge on any atom is 0.329 e. The Kier molecular flexibility index (Phi) is 1.58. The Labute approximate surface area is 57.1 Å². The van der Waals surface area contributed by atoms with Crippen LogP contribution in [-0.4, -0.2) is 35.2 Å². The number of carbonyl (C=O) groups is 2. The van der Waals surface area contributed by atoms with E-state index >= 15 is 0 Å². The molecule has 0 bridgehead atoms. The van der Waals surface area contributed by atoms with Crippen LogP contribution in [0.1, 0.15) is 6.42 Å². The molecular formula is C5H7NO4. The molecule has 1 unspecified atom stereocenters. The Hall–Kier alpha value is -1.10. The summed E-state index contributed by atoms with van der Waals surface area (Å²) in [5, 5.41) is 9.23. The number of carboxylic acids is 1. The summed E-state index contributed by atoms with van der Waals surface area (Å²) in [4.78, 5) is 25.2. The second kappa shape index (κ2) is 2.26. The summed E-state index contributed by atoms with van der Waals surface area (Å²) in [6, 6.07) is -0.780. The lowest BCUT2D eigenvalue weighted by Crippen LogP contribution is -2.55. The molecule has 5 heteroatoms. The molecule has 0 radical (unpaired) electrons. The molecule has 0 saturated carbocycles. The summed E-state index contributed by atoms with van der Waals surface area (Å²) in [7, 11) is 1.27. The van der Waals surface area contributed by atoms with Crippen molar-refractivity contribution in [3.05, 3.63) is 0 Å². The minimum atomic E-state index is -1.03. The van der Waals surface area contributed by atoms with Crippen LogP contribution in [0.4, 0.5) is 0 Å². The van der Waals surface area contributed by atoms with Crippen LogP contribution < -0.4 is 0 Å². The molecule has 0 aliphatic carbocycles. The van der Waals surface area contributed by atoms with Gasteiger partial charge in [-0.1, -0.05) is 0 Å². The maximum atomic E-state index is 10.5. The first-order valence-electron chi connectivity index (χ1n) is 2.75. The maximum absolute atomic E-state index is 10.5. The van der Waals surface area contributed by atoms with Crippen molar-refractivity contribution in [3.63, 3.8) is 0 Å². The zero-order chi connectivity index (χ0) is 7.72. The molecule has 1 atom stereocenters. The predicted molar refractivity (Wildman–Crippen MR) is 29.9 cm³/mol. The van der Waals surface area contributed by atoms with Gasteiger partial charge in [-0.25, -0.2) is 9.86 Å². The highest BCUT2D eigenvalue weighted by molar-refractivity contribution is 5.93. The van der Waals surface area contributed by atoms with Gasteiger partial charge < -0.3 is 5.11 Å². The van der Waals surface area contributed by atoms with Crippen molar-refractivity contribution in [2.24, 2.45) is 0 Å². The second-order valence-corrected chi connectivity index (χ2v) is 1.96. The summed E-state index contributed by atoms with van der Waals surface area (Å²) >= 11 is 0. The average Bonchev–Trinajstić information content (AvgIpc) is 1.83. The zero-order valence-corrected chi connectivity index (χ0v) is 5.40. The van der Waals surface area contributed by atoms with Crippen LogP contribution in [0.15, 0.2) is 0 Å². The van der Waals surface area contributed by atoms with Gasteiger partial charge in [-0.05, 0) is 0 Å². The fourth-order valence-corrected chi connectivity index (χ4v) is 0.816. The number of rotatable bonds is 2. The van der Waals surface area contributed by atoms with Gasteiger partial charge in [0, 0.05) is 0 Å². The van der Waals surface area contributed by atoms with E-state index in [9.17, 15) is 9.59 Å². The van der Waals surface area contributed by atoms with Crippen LogP contribution in [0.25, 0.3) is 0 Å². The number of β-lactam (4-membered cyclic amide) rings is 1. The topological polar surface area (TPSA) is 66.8 Å². The van der Waals surface area contributed by atoms with Crippen molar-refractivity contribution in [2.75, 3.05) is 7.11 Å². The number of hydroxylamine groups is 2. The third-order valence-electron chi connectivity index (χ3n) is 1.38. The molecule has 1 saturated heterocycles. The third kappa shape index (κ3) is 0.841. The number of amides is 1. The standard InChI is InChI=1S/C5H7NO4/c1-10-6-3(5(8)9)2-4(6)7/h3H,2H2,1H3,(H,8,9). The Balaban J connectivity index is 2.53. The van der Waals surface area contributed by atoms with E-state index in [0.29, 0.717) is 0 Å². The number of hydrogen-bond donors (Lipinski definition) is 1. The molecule has 0 aromatic rings. The van der Waals surface area contributed by atoms with Crippen molar-refractivity contribution in [1.29, 1.82) is 0 Å². The highest BCUT2D eigenvalue weighted by Crippen LogP contribution is 2.18. The Bertz CT molecular complexity index is 170.